The minimum absolute atomic E-state index is 0. The van der Waals surface area contributed by atoms with Gasteiger partial charge in [0.1, 0.15) is 0 Å². The molecule has 4 saturated heterocycles. The average Bonchev–Trinajstić information content (AvgIpc) is 3.00. The SMILES string of the molecule is CCNC(=NCC1CN2CCN1CC2)N1CCC(CC(C)C)C1.I. The maximum atomic E-state index is 5.01. The Labute approximate surface area is 165 Å². The van der Waals surface area contributed by atoms with Crippen LogP contribution in [0.3, 0.4) is 0 Å². The molecule has 6 heteroatoms. The maximum absolute atomic E-state index is 5.01. The third-order valence-electron chi connectivity index (χ3n) is 5.57. The van der Waals surface area contributed by atoms with E-state index in [1.165, 1.54) is 58.7 Å². The summed E-state index contributed by atoms with van der Waals surface area (Å²) in [5, 5.41) is 3.53. The van der Waals surface area contributed by atoms with Crippen molar-refractivity contribution in [3.8, 4) is 0 Å². The van der Waals surface area contributed by atoms with Crippen LogP contribution in [0.2, 0.25) is 0 Å². The Bertz CT molecular complexity index is 406. The van der Waals surface area contributed by atoms with E-state index in [1.54, 1.807) is 0 Å². The Kier molecular flexibility index (Phi) is 8.07. The van der Waals surface area contributed by atoms with Gasteiger partial charge in [0.05, 0.1) is 6.54 Å². The molecule has 0 aromatic carbocycles. The van der Waals surface area contributed by atoms with Crippen LogP contribution in [0.5, 0.6) is 0 Å². The fraction of sp³-hybridized carbons (Fsp3) is 0.944. The summed E-state index contributed by atoms with van der Waals surface area (Å²) < 4.78 is 0. The number of fused-ring (bicyclic) bond motifs is 3. The lowest BCUT2D eigenvalue weighted by molar-refractivity contribution is 0.0173. The van der Waals surface area contributed by atoms with Crippen LogP contribution in [-0.4, -0.2) is 85.6 Å². The molecule has 4 rings (SSSR count). The lowest BCUT2D eigenvalue weighted by atomic mass is 9.97. The van der Waals surface area contributed by atoms with Crippen molar-refractivity contribution in [2.45, 2.75) is 39.7 Å². The van der Waals surface area contributed by atoms with Crippen LogP contribution in [0.25, 0.3) is 0 Å². The molecule has 2 atom stereocenters. The molecule has 4 aliphatic heterocycles. The third kappa shape index (κ3) is 5.21. The van der Waals surface area contributed by atoms with Gasteiger partial charge < -0.3 is 10.2 Å². The first-order chi connectivity index (χ1) is 11.2. The quantitative estimate of drug-likeness (QED) is 0.395. The van der Waals surface area contributed by atoms with E-state index in [0.717, 1.165) is 30.9 Å². The number of hydrogen-bond donors (Lipinski definition) is 1. The third-order valence-corrected chi connectivity index (χ3v) is 5.57. The first-order valence-electron chi connectivity index (χ1n) is 9.65. The summed E-state index contributed by atoms with van der Waals surface area (Å²) in [6, 6.07) is 0.625. The lowest BCUT2D eigenvalue weighted by Crippen LogP contribution is -2.62. The van der Waals surface area contributed by atoms with E-state index in [-0.39, 0.29) is 24.0 Å². The number of aliphatic imine (C=N–C) groups is 1. The number of nitrogens with one attached hydrogen (secondary N) is 1. The first-order valence-corrected chi connectivity index (χ1v) is 9.65. The van der Waals surface area contributed by atoms with Gasteiger partial charge in [0, 0.05) is 58.4 Å². The summed E-state index contributed by atoms with van der Waals surface area (Å²) in [5.41, 5.74) is 0. The van der Waals surface area contributed by atoms with Crippen LogP contribution in [0.15, 0.2) is 4.99 Å². The van der Waals surface area contributed by atoms with Crippen molar-refractivity contribution < 1.29 is 0 Å². The summed E-state index contributed by atoms with van der Waals surface area (Å²) in [4.78, 5) is 12.7. The highest BCUT2D eigenvalue weighted by molar-refractivity contribution is 14.0. The highest BCUT2D eigenvalue weighted by Gasteiger charge is 2.32. The second-order valence-electron chi connectivity index (χ2n) is 7.92. The molecule has 4 fully saturated rings. The zero-order valence-electron chi connectivity index (χ0n) is 15.7. The number of likely N-dealkylation sites (tertiary alicyclic amines) is 1. The molecule has 24 heavy (non-hydrogen) atoms. The predicted molar refractivity (Wildman–Crippen MR) is 112 cm³/mol. The lowest BCUT2D eigenvalue weighted by Gasteiger charge is -2.47. The molecule has 0 amide bonds. The minimum Gasteiger partial charge on any atom is -0.357 e. The Hall–Kier alpha value is -0.0800. The van der Waals surface area contributed by atoms with E-state index in [1.807, 2.05) is 0 Å². The molecule has 2 unspecified atom stereocenters. The molecular formula is C18H36IN5. The topological polar surface area (TPSA) is 34.1 Å². The van der Waals surface area contributed by atoms with Gasteiger partial charge in [-0.15, -0.1) is 24.0 Å². The van der Waals surface area contributed by atoms with Crippen LogP contribution in [0, 0.1) is 11.8 Å². The van der Waals surface area contributed by atoms with Gasteiger partial charge in [0.15, 0.2) is 5.96 Å². The summed E-state index contributed by atoms with van der Waals surface area (Å²) in [6.45, 7) is 17.3. The number of hydrogen-bond acceptors (Lipinski definition) is 3. The fourth-order valence-corrected chi connectivity index (χ4v) is 4.40. The number of rotatable bonds is 5. The van der Waals surface area contributed by atoms with Gasteiger partial charge in [-0.1, -0.05) is 13.8 Å². The highest BCUT2D eigenvalue weighted by Crippen LogP contribution is 2.23. The Morgan fingerprint density at radius 3 is 2.46 bits per heavy atom. The Balaban J connectivity index is 0.00000208. The van der Waals surface area contributed by atoms with Crippen LogP contribution >= 0.6 is 24.0 Å². The molecule has 2 bridgehead atoms. The molecule has 140 valence electrons. The van der Waals surface area contributed by atoms with Crippen molar-refractivity contribution >= 4 is 29.9 Å². The van der Waals surface area contributed by atoms with Gasteiger partial charge in [-0.3, -0.25) is 14.8 Å². The van der Waals surface area contributed by atoms with Gasteiger partial charge in [0.25, 0.3) is 0 Å². The second-order valence-corrected chi connectivity index (χ2v) is 7.92. The number of halogens is 1. The molecule has 0 aromatic rings. The summed E-state index contributed by atoms with van der Waals surface area (Å²) in [7, 11) is 0. The average molecular weight is 449 g/mol. The van der Waals surface area contributed by atoms with Crippen molar-refractivity contribution in [1.29, 1.82) is 0 Å². The zero-order chi connectivity index (χ0) is 16.2. The van der Waals surface area contributed by atoms with Crippen molar-refractivity contribution in [3.05, 3.63) is 0 Å². The van der Waals surface area contributed by atoms with Gasteiger partial charge >= 0.3 is 0 Å². The van der Waals surface area contributed by atoms with Crippen molar-refractivity contribution in [2.24, 2.45) is 16.8 Å². The molecule has 0 aliphatic carbocycles. The smallest absolute Gasteiger partial charge is 0.193 e. The fourth-order valence-electron chi connectivity index (χ4n) is 4.40. The molecule has 5 nitrogen and oxygen atoms in total. The van der Waals surface area contributed by atoms with Gasteiger partial charge in [0.2, 0.25) is 0 Å². The number of guanidine groups is 1. The molecule has 4 aliphatic rings. The predicted octanol–water partition coefficient (Wildman–Crippen LogP) is 1.94. The van der Waals surface area contributed by atoms with Crippen LogP contribution in [0.1, 0.15) is 33.6 Å². The van der Waals surface area contributed by atoms with Gasteiger partial charge in [-0.2, -0.15) is 0 Å². The van der Waals surface area contributed by atoms with Gasteiger partial charge in [-0.05, 0) is 31.6 Å². The monoisotopic (exact) mass is 449 g/mol. The van der Waals surface area contributed by atoms with E-state index >= 15 is 0 Å². The van der Waals surface area contributed by atoms with E-state index in [0.29, 0.717) is 6.04 Å². The minimum atomic E-state index is 0. The van der Waals surface area contributed by atoms with Crippen molar-refractivity contribution in [2.75, 3.05) is 58.9 Å². The molecule has 4 heterocycles. The number of nitrogens with zero attached hydrogens (tertiary/aromatic N) is 4. The highest BCUT2D eigenvalue weighted by atomic mass is 127. The van der Waals surface area contributed by atoms with Crippen LogP contribution in [0.4, 0.5) is 0 Å². The van der Waals surface area contributed by atoms with E-state index in [9.17, 15) is 0 Å². The Morgan fingerprint density at radius 1 is 1.12 bits per heavy atom. The van der Waals surface area contributed by atoms with Crippen molar-refractivity contribution in [3.63, 3.8) is 0 Å². The Morgan fingerprint density at radius 2 is 1.88 bits per heavy atom. The normalized spacial score (nSPS) is 33.0. The zero-order valence-corrected chi connectivity index (χ0v) is 18.0. The van der Waals surface area contributed by atoms with Crippen molar-refractivity contribution in [1.82, 2.24) is 20.0 Å². The molecule has 0 aromatic heterocycles. The molecule has 1 N–H and O–H groups in total. The largest absolute Gasteiger partial charge is 0.357 e. The van der Waals surface area contributed by atoms with E-state index in [4.69, 9.17) is 4.99 Å². The maximum Gasteiger partial charge on any atom is 0.193 e. The standard InChI is InChI=1S/C18H35N5.HI/c1-4-19-18(23-6-5-16(13-23)11-15(2)3)20-12-17-14-21-7-9-22(17)10-8-21;/h15-17H,4-14H2,1-3H3,(H,19,20);1H. The van der Waals surface area contributed by atoms with Gasteiger partial charge in [-0.25, -0.2) is 0 Å². The number of piperazine rings is 3. The van der Waals surface area contributed by atoms with E-state index < -0.39 is 0 Å². The second kappa shape index (κ2) is 9.57. The molecule has 0 saturated carbocycles. The van der Waals surface area contributed by atoms with Crippen LogP contribution < -0.4 is 5.32 Å². The van der Waals surface area contributed by atoms with E-state index in [2.05, 4.69) is 40.8 Å². The molecule has 0 radical (unpaired) electrons. The molecular weight excluding hydrogens is 413 g/mol. The first kappa shape index (κ1) is 20.2. The summed E-state index contributed by atoms with van der Waals surface area (Å²) in [6.07, 6.45) is 2.67. The van der Waals surface area contributed by atoms with Crippen LogP contribution in [-0.2, 0) is 0 Å². The summed E-state index contributed by atoms with van der Waals surface area (Å²) in [5.74, 6) is 2.80. The summed E-state index contributed by atoms with van der Waals surface area (Å²) >= 11 is 0. The molecule has 0 spiro atoms.